The first kappa shape index (κ1) is 16.6. The molecule has 2 rings (SSSR count). The molecule has 0 spiro atoms. The quantitative estimate of drug-likeness (QED) is 0.637. The van der Waals surface area contributed by atoms with Gasteiger partial charge in [0.2, 0.25) is 0 Å². The summed E-state index contributed by atoms with van der Waals surface area (Å²) in [5.41, 5.74) is 0.717. The van der Waals surface area contributed by atoms with Crippen LogP contribution >= 0.6 is 11.7 Å². The van der Waals surface area contributed by atoms with Crippen LogP contribution in [0.25, 0.3) is 0 Å². The zero-order valence-corrected chi connectivity index (χ0v) is 13.4. The van der Waals surface area contributed by atoms with Crippen LogP contribution in [0.15, 0.2) is 0 Å². The van der Waals surface area contributed by atoms with Crippen molar-refractivity contribution in [1.29, 1.82) is 0 Å². The number of nitrogens with zero attached hydrogens (tertiary/aromatic N) is 2. The number of hydrogen-bond acceptors (Lipinski definition) is 8. The first-order chi connectivity index (χ1) is 10.2. The summed E-state index contributed by atoms with van der Waals surface area (Å²) >= 11 is 1.10. The molecular formula is C13H24N4O3S. The minimum atomic E-state index is -0.570. The van der Waals surface area contributed by atoms with Crippen LogP contribution in [0.2, 0.25) is 0 Å². The number of hydrogen-bond donors (Lipinski definition) is 3. The van der Waals surface area contributed by atoms with Gasteiger partial charge in [-0.05, 0) is 13.3 Å². The minimum Gasteiger partial charge on any atom is -0.473 e. The second kappa shape index (κ2) is 8.60. The van der Waals surface area contributed by atoms with Gasteiger partial charge in [0.05, 0.1) is 18.3 Å². The Bertz CT molecular complexity index is 412. The summed E-state index contributed by atoms with van der Waals surface area (Å²) in [5, 5.41) is 16.4. The Kier molecular flexibility index (Phi) is 6.78. The Morgan fingerprint density at radius 1 is 1.57 bits per heavy atom. The third-order valence-corrected chi connectivity index (χ3v) is 3.97. The van der Waals surface area contributed by atoms with Crippen LogP contribution in [0.4, 0.5) is 0 Å². The lowest BCUT2D eigenvalue weighted by Gasteiger charge is -2.22. The van der Waals surface area contributed by atoms with Crippen LogP contribution in [-0.4, -0.2) is 58.8 Å². The predicted octanol–water partition coefficient (Wildman–Crippen LogP) is 0.327. The van der Waals surface area contributed by atoms with Crippen molar-refractivity contribution < 1.29 is 14.6 Å². The van der Waals surface area contributed by atoms with Gasteiger partial charge < -0.3 is 25.2 Å². The maximum Gasteiger partial charge on any atom is 0.251 e. The van der Waals surface area contributed by atoms with Crippen LogP contribution in [-0.2, 0) is 4.74 Å². The second-order valence-electron chi connectivity index (χ2n) is 5.20. The van der Waals surface area contributed by atoms with Crippen LogP contribution in [0.3, 0.4) is 0 Å². The van der Waals surface area contributed by atoms with Crippen LogP contribution in [0.1, 0.15) is 32.1 Å². The van der Waals surface area contributed by atoms with Crippen LogP contribution in [0, 0.1) is 0 Å². The zero-order chi connectivity index (χ0) is 15.1. The molecule has 1 aliphatic heterocycles. The fourth-order valence-corrected chi connectivity index (χ4v) is 2.49. The summed E-state index contributed by atoms with van der Waals surface area (Å²) in [7, 11) is 0. The molecular weight excluding hydrogens is 292 g/mol. The van der Waals surface area contributed by atoms with E-state index in [4.69, 9.17) is 9.47 Å². The fourth-order valence-electron chi connectivity index (χ4n) is 1.94. The first-order valence-electron chi connectivity index (χ1n) is 7.39. The summed E-state index contributed by atoms with van der Waals surface area (Å²) in [6, 6.07) is 0.387. The Labute approximate surface area is 129 Å². The number of aromatic nitrogens is 2. The Balaban J connectivity index is 1.79. The highest BCUT2D eigenvalue weighted by Gasteiger charge is 2.24. The van der Waals surface area contributed by atoms with Crippen molar-refractivity contribution in [3.8, 4) is 5.88 Å². The molecule has 1 fully saturated rings. The van der Waals surface area contributed by atoms with Gasteiger partial charge in [-0.3, -0.25) is 0 Å². The van der Waals surface area contributed by atoms with Crippen molar-refractivity contribution in [1.82, 2.24) is 19.4 Å². The van der Waals surface area contributed by atoms with E-state index in [-0.39, 0.29) is 12.7 Å². The number of nitrogens with one attached hydrogen (secondary N) is 2. The molecule has 1 aromatic heterocycles. The highest BCUT2D eigenvalue weighted by molar-refractivity contribution is 6.99. The van der Waals surface area contributed by atoms with E-state index in [9.17, 15) is 5.11 Å². The van der Waals surface area contributed by atoms with E-state index in [0.29, 0.717) is 37.3 Å². The van der Waals surface area contributed by atoms with Gasteiger partial charge in [0.15, 0.2) is 0 Å². The number of aliphatic hydroxyl groups excluding tert-OH is 1. The third kappa shape index (κ3) is 5.15. The number of morpholine rings is 1. The molecule has 8 heteroatoms. The molecule has 1 saturated heterocycles. The summed E-state index contributed by atoms with van der Waals surface area (Å²) in [5.74, 6) is 0.469. The molecule has 0 saturated carbocycles. The van der Waals surface area contributed by atoms with E-state index in [1.807, 2.05) is 0 Å². The summed E-state index contributed by atoms with van der Waals surface area (Å²) in [6.07, 6.45) is 0.335. The molecule has 1 aromatic rings. The van der Waals surface area contributed by atoms with E-state index >= 15 is 0 Å². The topological polar surface area (TPSA) is 88.5 Å². The Morgan fingerprint density at radius 3 is 3.14 bits per heavy atom. The lowest BCUT2D eigenvalue weighted by atomic mass is 10.2. The molecule has 7 nitrogen and oxygen atoms in total. The van der Waals surface area contributed by atoms with Crippen molar-refractivity contribution >= 4 is 11.7 Å². The van der Waals surface area contributed by atoms with E-state index in [1.54, 1.807) is 0 Å². The normalized spacial score (nSPS) is 22.0. The van der Waals surface area contributed by atoms with E-state index < -0.39 is 6.10 Å². The molecule has 0 aliphatic carbocycles. The van der Waals surface area contributed by atoms with Gasteiger partial charge in [0.1, 0.15) is 24.5 Å². The molecule has 3 N–H and O–H groups in total. The van der Waals surface area contributed by atoms with Crippen LogP contribution in [0.5, 0.6) is 5.88 Å². The first-order valence-corrected chi connectivity index (χ1v) is 8.12. The van der Waals surface area contributed by atoms with Gasteiger partial charge in [0, 0.05) is 25.7 Å². The molecule has 2 heterocycles. The minimum absolute atomic E-state index is 0.122. The molecule has 21 heavy (non-hydrogen) atoms. The van der Waals surface area contributed by atoms with Crippen LogP contribution < -0.4 is 15.4 Å². The van der Waals surface area contributed by atoms with Crippen molar-refractivity contribution in [2.45, 2.75) is 38.5 Å². The average Bonchev–Trinajstić information content (AvgIpc) is 2.99. The maximum absolute atomic E-state index is 9.92. The third-order valence-electron chi connectivity index (χ3n) is 3.44. The summed E-state index contributed by atoms with van der Waals surface area (Å²) < 4.78 is 19.6. The lowest BCUT2D eigenvalue weighted by Crippen LogP contribution is -2.36. The van der Waals surface area contributed by atoms with Gasteiger partial charge in [-0.15, -0.1) is 4.37 Å². The molecule has 0 radical (unpaired) electrons. The van der Waals surface area contributed by atoms with Crippen molar-refractivity contribution in [2.24, 2.45) is 0 Å². The smallest absolute Gasteiger partial charge is 0.251 e. The largest absolute Gasteiger partial charge is 0.473 e. The van der Waals surface area contributed by atoms with Crippen molar-refractivity contribution in [2.75, 3.05) is 32.8 Å². The van der Waals surface area contributed by atoms with Gasteiger partial charge in [-0.1, -0.05) is 6.92 Å². The molecule has 3 atom stereocenters. The van der Waals surface area contributed by atoms with Gasteiger partial charge in [0.25, 0.3) is 5.88 Å². The zero-order valence-electron chi connectivity index (χ0n) is 12.5. The standard InChI is InChI=1S/C13H24N4O3S/c1-3-9(2)15-6-10(18)8-20-13-12(16-21-17-13)11-7-14-4-5-19-11/h9-11,14-15,18H,3-8H2,1-2H3. The molecule has 120 valence electrons. The predicted molar refractivity (Wildman–Crippen MR) is 80.7 cm³/mol. The lowest BCUT2D eigenvalue weighted by molar-refractivity contribution is 0.0222. The Morgan fingerprint density at radius 2 is 2.43 bits per heavy atom. The van der Waals surface area contributed by atoms with Crippen molar-refractivity contribution in [3.63, 3.8) is 0 Å². The second-order valence-corrected chi connectivity index (χ2v) is 5.73. The molecule has 3 unspecified atom stereocenters. The van der Waals surface area contributed by atoms with Gasteiger partial charge in [-0.25, -0.2) is 0 Å². The SMILES string of the molecule is CCC(C)NCC(O)COc1nsnc1C1CNCCO1. The number of aliphatic hydroxyl groups is 1. The van der Waals surface area contributed by atoms with Crippen molar-refractivity contribution in [3.05, 3.63) is 5.69 Å². The number of ether oxygens (including phenoxy) is 2. The summed E-state index contributed by atoms with van der Waals surface area (Å²) in [6.45, 7) is 7.11. The molecule has 0 aromatic carbocycles. The maximum atomic E-state index is 9.92. The highest BCUT2D eigenvalue weighted by Crippen LogP contribution is 2.26. The fraction of sp³-hybridized carbons (Fsp3) is 0.846. The highest BCUT2D eigenvalue weighted by atomic mass is 32.1. The monoisotopic (exact) mass is 316 g/mol. The van der Waals surface area contributed by atoms with E-state index in [1.165, 1.54) is 0 Å². The molecule has 1 aliphatic rings. The van der Waals surface area contributed by atoms with Gasteiger partial charge in [-0.2, -0.15) is 4.37 Å². The summed E-state index contributed by atoms with van der Waals surface area (Å²) in [4.78, 5) is 0. The van der Waals surface area contributed by atoms with E-state index in [2.05, 4.69) is 33.2 Å². The average molecular weight is 316 g/mol. The molecule has 0 bridgehead atoms. The molecule has 0 amide bonds. The Hall–Kier alpha value is -0.800. The number of rotatable bonds is 8. The van der Waals surface area contributed by atoms with E-state index in [0.717, 1.165) is 24.7 Å². The van der Waals surface area contributed by atoms with Gasteiger partial charge >= 0.3 is 0 Å².